The topological polar surface area (TPSA) is 29.1 Å². The van der Waals surface area contributed by atoms with E-state index >= 15 is 0 Å². The number of halogens is 3. The monoisotopic (exact) mass is 249 g/mol. The normalized spacial score (nSPS) is 9.36. The van der Waals surface area contributed by atoms with Crippen LogP contribution in [-0.4, -0.2) is 5.91 Å². The van der Waals surface area contributed by atoms with E-state index in [9.17, 15) is 4.79 Å². The van der Waals surface area contributed by atoms with Crippen LogP contribution < -0.4 is 5.32 Å². The molecule has 1 aromatic carbocycles. The van der Waals surface area contributed by atoms with E-state index in [0.29, 0.717) is 10.6 Å². The molecule has 0 fully saturated rings. The van der Waals surface area contributed by atoms with E-state index in [1.165, 1.54) is 6.20 Å². The molecule has 14 heavy (non-hydrogen) atoms. The van der Waals surface area contributed by atoms with Gasteiger partial charge in [-0.15, -0.1) is 0 Å². The predicted molar refractivity (Wildman–Crippen MR) is 58.7 cm³/mol. The van der Waals surface area contributed by atoms with Crippen molar-refractivity contribution in [1.29, 1.82) is 0 Å². The molecule has 0 bridgehead atoms. The van der Waals surface area contributed by atoms with Gasteiger partial charge in [-0.25, -0.2) is 0 Å². The van der Waals surface area contributed by atoms with Crippen LogP contribution in [0.1, 0.15) is 10.4 Å². The van der Waals surface area contributed by atoms with Crippen LogP contribution in [0, 0.1) is 0 Å². The molecule has 0 aliphatic rings. The van der Waals surface area contributed by atoms with Crippen LogP contribution in [0.25, 0.3) is 0 Å². The highest BCUT2D eigenvalue weighted by Crippen LogP contribution is 2.09. The summed E-state index contributed by atoms with van der Waals surface area (Å²) in [6, 6.07) is 6.46. The third-order valence-corrected chi connectivity index (χ3v) is 1.89. The molecular formula is C9H6Cl3NO. The first-order chi connectivity index (χ1) is 6.59. The highest BCUT2D eigenvalue weighted by molar-refractivity contribution is 6.55. The third-order valence-electron chi connectivity index (χ3n) is 1.42. The fourth-order valence-electron chi connectivity index (χ4n) is 0.805. The van der Waals surface area contributed by atoms with Gasteiger partial charge >= 0.3 is 0 Å². The Labute approximate surface area is 96.5 Å². The Kier molecular flexibility index (Phi) is 4.26. The summed E-state index contributed by atoms with van der Waals surface area (Å²) < 4.78 is -0.00712. The van der Waals surface area contributed by atoms with Crippen LogP contribution in [0.5, 0.6) is 0 Å². The Hall–Kier alpha value is -0.700. The lowest BCUT2D eigenvalue weighted by molar-refractivity contribution is 0.0970. The number of nitrogens with one attached hydrogen (secondary N) is 1. The Balaban J connectivity index is 2.70. The lowest BCUT2D eigenvalue weighted by Gasteiger charge is -1.99. The van der Waals surface area contributed by atoms with E-state index in [1.807, 2.05) is 0 Å². The van der Waals surface area contributed by atoms with Crippen LogP contribution in [0.3, 0.4) is 0 Å². The van der Waals surface area contributed by atoms with Crippen molar-refractivity contribution in [1.82, 2.24) is 5.32 Å². The molecule has 1 amide bonds. The van der Waals surface area contributed by atoms with Gasteiger partial charge in [0, 0.05) is 16.8 Å². The summed E-state index contributed by atoms with van der Waals surface area (Å²) in [7, 11) is 0. The molecule has 1 rings (SSSR count). The van der Waals surface area contributed by atoms with Gasteiger partial charge in [0.25, 0.3) is 5.91 Å². The zero-order valence-electron chi connectivity index (χ0n) is 6.93. The minimum absolute atomic E-state index is 0.00712. The number of hydrogen-bond donors (Lipinski definition) is 1. The molecule has 2 nitrogen and oxygen atoms in total. The van der Waals surface area contributed by atoms with Crippen LogP contribution >= 0.6 is 34.8 Å². The maximum absolute atomic E-state index is 11.3. The van der Waals surface area contributed by atoms with Crippen LogP contribution in [-0.2, 0) is 0 Å². The molecule has 0 unspecified atom stereocenters. The van der Waals surface area contributed by atoms with E-state index in [4.69, 9.17) is 34.8 Å². The van der Waals surface area contributed by atoms with Gasteiger partial charge in [-0.1, -0.05) is 34.8 Å². The quantitative estimate of drug-likeness (QED) is 0.857. The van der Waals surface area contributed by atoms with Crippen molar-refractivity contribution in [3.8, 4) is 0 Å². The fraction of sp³-hybridized carbons (Fsp3) is 0. The van der Waals surface area contributed by atoms with Gasteiger partial charge in [-0.05, 0) is 24.3 Å². The summed E-state index contributed by atoms with van der Waals surface area (Å²) in [5.41, 5.74) is 0.486. The van der Waals surface area contributed by atoms with Crippen molar-refractivity contribution in [3.05, 3.63) is 45.5 Å². The van der Waals surface area contributed by atoms with Gasteiger partial charge in [0.1, 0.15) is 4.49 Å². The number of amides is 1. The standard InChI is InChI=1S/C9H6Cl3NO/c10-7-3-1-6(2-4-7)9(14)13-5-8(11)12/h1-5H,(H,13,14). The first-order valence-electron chi connectivity index (χ1n) is 3.67. The van der Waals surface area contributed by atoms with Crippen molar-refractivity contribution in [2.45, 2.75) is 0 Å². The highest BCUT2D eigenvalue weighted by atomic mass is 35.5. The molecule has 1 N–H and O–H groups in total. The van der Waals surface area contributed by atoms with Gasteiger partial charge in [-0.2, -0.15) is 0 Å². The van der Waals surface area contributed by atoms with Gasteiger partial charge in [-0.3, -0.25) is 4.79 Å². The SMILES string of the molecule is O=C(NC=C(Cl)Cl)c1ccc(Cl)cc1. The van der Waals surface area contributed by atoms with E-state index in [1.54, 1.807) is 24.3 Å². The van der Waals surface area contributed by atoms with Gasteiger partial charge in [0.05, 0.1) is 0 Å². The molecule has 0 spiro atoms. The Morgan fingerprint density at radius 2 is 1.79 bits per heavy atom. The van der Waals surface area contributed by atoms with E-state index < -0.39 is 0 Å². The average Bonchev–Trinajstić information content (AvgIpc) is 2.15. The maximum Gasteiger partial charge on any atom is 0.255 e. The number of carbonyl (C=O) groups is 1. The van der Waals surface area contributed by atoms with E-state index in [2.05, 4.69) is 5.32 Å². The second-order valence-corrected chi connectivity index (χ2v) is 3.86. The maximum atomic E-state index is 11.3. The predicted octanol–water partition coefficient (Wildman–Crippen LogP) is 3.35. The van der Waals surface area contributed by atoms with Crippen molar-refractivity contribution >= 4 is 40.7 Å². The molecule has 0 aliphatic carbocycles. The number of benzene rings is 1. The Bertz CT molecular complexity index is 355. The first kappa shape index (κ1) is 11.4. The molecule has 5 heteroatoms. The highest BCUT2D eigenvalue weighted by Gasteiger charge is 2.02. The minimum atomic E-state index is -0.291. The summed E-state index contributed by atoms with van der Waals surface area (Å²) >= 11 is 16.3. The molecule has 1 aromatic rings. The summed E-state index contributed by atoms with van der Waals surface area (Å²) in [5.74, 6) is -0.291. The largest absolute Gasteiger partial charge is 0.326 e. The van der Waals surface area contributed by atoms with Gasteiger partial charge < -0.3 is 5.32 Å². The summed E-state index contributed by atoms with van der Waals surface area (Å²) in [6.07, 6.45) is 1.21. The molecule has 0 aromatic heterocycles. The number of hydrogen-bond acceptors (Lipinski definition) is 1. The summed E-state index contributed by atoms with van der Waals surface area (Å²) in [4.78, 5) is 11.3. The molecule has 0 radical (unpaired) electrons. The zero-order valence-corrected chi connectivity index (χ0v) is 9.20. The van der Waals surface area contributed by atoms with Gasteiger partial charge in [0.15, 0.2) is 0 Å². The molecule has 0 aliphatic heterocycles. The fourth-order valence-corrected chi connectivity index (χ4v) is 1.04. The second-order valence-electron chi connectivity index (χ2n) is 2.41. The summed E-state index contributed by atoms with van der Waals surface area (Å²) in [6.45, 7) is 0. The lowest BCUT2D eigenvalue weighted by Crippen LogP contribution is -2.16. The minimum Gasteiger partial charge on any atom is -0.326 e. The Morgan fingerprint density at radius 1 is 1.21 bits per heavy atom. The van der Waals surface area contributed by atoms with Crippen LogP contribution in [0.4, 0.5) is 0 Å². The van der Waals surface area contributed by atoms with E-state index in [0.717, 1.165) is 0 Å². The van der Waals surface area contributed by atoms with Crippen molar-refractivity contribution < 1.29 is 4.79 Å². The Morgan fingerprint density at radius 3 is 2.29 bits per heavy atom. The van der Waals surface area contributed by atoms with Crippen molar-refractivity contribution in [2.24, 2.45) is 0 Å². The van der Waals surface area contributed by atoms with Crippen LogP contribution in [0.2, 0.25) is 5.02 Å². The second kappa shape index (κ2) is 5.25. The smallest absolute Gasteiger partial charge is 0.255 e. The first-order valence-corrected chi connectivity index (χ1v) is 4.80. The average molecular weight is 251 g/mol. The molecule has 0 saturated heterocycles. The molecule has 0 atom stereocenters. The molecular weight excluding hydrogens is 244 g/mol. The third kappa shape index (κ3) is 3.58. The zero-order chi connectivity index (χ0) is 10.6. The molecule has 0 saturated carbocycles. The van der Waals surface area contributed by atoms with Crippen molar-refractivity contribution in [3.63, 3.8) is 0 Å². The van der Waals surface area contributed by atoms with Crippen LogP contribution in [0.15, 0.2) is 35.0 Å². The summed E-state index contributed by atoms with van der Waals surface area (Å²) in [5, 5.41) is 2.99. The van der Waals surface area contributed by atoms with Crippen molar-refractivity contribution in [2.75, 3.05) is 0 Å². The number of rotatable bonds is 2. The lowest BCUT2D eigenvalue weighted by atomic mass is 10.2. The molecule has 0 heterocycles. The van der Waals surface area contributed by atoms with Gasteiger partial charge in [0.2, 0.25) is 0 Å². The molecule has 74 valence electrons. The van der Waals surface area contributed by atoms with E-state index in [-0.39, 0.29) is 10.4 Å². The number of carbonyl (C=O) groups excluding carboxylic acids is 1.